The number of aliphatic imine (C=N–C) groups is 1. The van der Waals surface area contributed by atoms with Crippen LogP contribution >= 0.6 is 0 Å². The first-order chi connectivity index (χ1) is 14.0. The minimum atomic E-state index is 0.307. The fourth-order valence-corrected chi connectivity index (χ4v) is 3.33. The maximum absolute atomic E-state index is 6.10. The number of aryl methyl sites for hydroxylation is 1. The van der Waals surface area contributed by atoms with E-state index in [0.717, 1.165) is 67.2 Å². The van der Waals surface area contributed by atoms with Gasteiger partial charge in [-0.25, -0.2) is 0 Å². The average molecular weight is 401 g/mol. The van der Waals surface area contributed by atoms with Crippen molar-refractivity contribution in [3.05, 3.63) is 47.5 Å². The number of nitrogens with zero attached hydrogens (tertiary/aromatic N) is 1. The van der Waals surface area contributed by atoms with Crippen LogP contribution in [0.2, 0.25) is 0 Å². The Balaban J connectivity index is 1.93. The van der Waals surface area contributed by atoms with Gasteiger partial charge < -0.3 is 19.5 Å². The highest BCUT2D eigenvalue weighted by Crippen LogP contribution is 2.32. The average Bonchev–Trinajstić information content (AvgIpc) is 3.15. The summed E-state index contributed by atoms with van der Waals surface area (Å²) in [6, 6.07) is 6.57. The van der Waals surface area contributed by atoms with E-state index < -0.39 is 0 Å². The summed E-state index contributed by atoms with van der Waals surface area (Å²) in [4.78, 5) is 4.35. The van der Waals surface area contributed by atoms with Gasteiger partial charge in [-0.1, -0.05) is 39.3 Å². The molecule has 0 aromatic heterocycles. The summed E-state index contributed by atoms with van der Waals surface area (Å²) in [6.07, 6.45) is 8.24. The molecule has 0 radical (unpaired) electrons. The van der Waals surface area contributed by atoms with Crippen LogP contribution in [0.4, 0.5) is 0 Å². The summed E-state index contributed by atoms with van der Waals surface area (Å²) in [5.41, 5.74) is 3.02. The zero-order valence-corrected chi connectivity index (χ0v) is 18.4. The molecule has 0 saturated heterocycles. The molecule has 0 bridgehead atoms. The first kappa shape index (κ1) is 22.9. The van der Waals surface area contributed by atoms with Crippen molar-refractivity contribution in [3.63, 3.8) is 0 Å². The molecule has 1 aliphatic heterocycles. The number of hydrogen-bond donors (Lipinski definition) is 1. The van der Waals surface area contributed by atoms with Gasteiger partial charge in [0.25, 0.3) is 0 Å². The van der Waals surface area contributed by atoms with E-state index in [-0.39, 0.29) is 0 Å². The van der Waals surface area contributed by atoms with E-state index in [1.807, 2.05) is 13.0 Å². The molecule has 5 heteroatoms. The highest BCUT2D eigenvalue weighted by atomic mass is 16.7. The van der Waals surface area contributed by atoms with Crippen LogP contribution in [0.5, 0.6) is 11.5 Å². The molecule has 0 spiro atoms. The number of fused-ring (bicyclic) bond motifs is 1. The van der Waals surface area contributed by atoms with Crippen molar-refractivity contribution < 1.29 is 14.2 Å². The lowest BCUT2D eigenvalue weighted by Gasteiger charge is -2.21. The minimum Gasteiger partial charge on any atom is -0.490 e. The summed E-state index contributed by atoms with van der Waals surface area (Å²) in [6.45, 7) is 13.2. The Kier molecular flexibility index (Phi) is 9.62. The molecule has 1 heterocycles. The molecule has 1 N–H and O–H groups in total. The zero-order chi connectivity index (χ0) is 21.1. The Morgan fingerprint density at radius 3 is 2.62 bits per heavy atom. The van der Waals surface area contributed by atoms with Crippen LogP contribution in [0.15, 0.2) is 46.9 Å². The fourth-order valence-electron chi connectivity index (χ4n) is 3.33. The van der Waals surface area contributed by atoms with Gasteiger partial charge in [-0.2, -0.15) is 0 Å². The largest absolute Gasteiger partial charge is 0.490 e. The third kappa shape index (κ3) is 7.84. The third-order valence-electron chi connectivity index (χ3n) is 4.77. The van der Waals surface area contributed by atoms with Gasteiger partial charge in [0.15, 0.2) is 17.3 Å². The van der Waals surface area contributed by atoms with E-state index in [2.05, 4.69) is 49.8 Å². The van der Waals surface area contributed by atoms with Crippen LogP contribution in [-0.4, -0.2) is 25.7 Å². The molecular formula is C24H36N2O3. The molecule has 1 aromatic rings. The third-order valence-corrected chi connectivity index (χ3v) is 4.77. The molecule has 0 unspecified atom stereocenters. The number of nitrogens with one attached hydrogen (secondary N) is 1. The highest BCUT2D eigenvalue weighted by Gasteiger charge is 2.13. The number of rotatable bonds is 13. The molecular weight excluding hydrogens is 364 g/mol. The molecule has 2 rings (SSSR count). The zero-order valence-electron chi connectivity index (χ0n) is 18.4. The Morgan fingerprint density at radius 2 is 1.93 bits per heavy atom. The predicted molar refractivity (Wildman–Crippen MR) is 120 cm³/mol. The van der Waals surface area contributed by atoms with Crippen molar-refractivity contribution in [2.24, 2.45) is 4.99 Å². The Morgan fingerprint density at radius 1 is 1.21 bits per heavy atom. The summed E-state index contributed by atoms with van der Waals surface area (Å²) < 4.78 is 16.9. The minimum absolute atomic E-state index is 0.307. The van der Waals surface area contributed by atoms with Gasteiger partial charge in [0, 0.05) is 11.7 Å². The van der Waals surface area contributed by atoms with Crippen LogP contribution in [0.25, 0.3) is 0 Å². The molecule has 1 aromatic carbocycles. The van der Waals surface area contributed by atoms with Gasteiger partial charge in [0.1, 0.15) is 0 Å². The van der Waals surface area contributed by atoms with Gasteiger partial charge in [-0.15, -0.1) is 0 Å². The quantitative estimate of drug-likeness (QED) is 0.260. The van der Waals surface area contributed by atoms with Crippen LogP contribution < -0.4 is 14.8 Å². The first-order valence-corrected chi connectivity index (χ1v) is 10.7. The van der Waals surface area contributed by atoms with Crippen LogP contribution in [0.1, 0.15) is 65.4 Å². The maximum atomic E-state index is 6.10. The monoisotopic (exact) mass is 400 g/mol. The van der Waals surface area contributed by atoms with Gasteiger partial charge in [-0.3, -0.25) is 4.99 Å². The van der Waals surface area contributed by atoms with E-state index >= 15 is 0 Å². The Hall–Kier alpha value is -2.43. The van der Waals surface area contributed by atoms with Crippen LogP contribution in [0, 0.1) is 0 Å². The number of ether oxygens (including phenoxy) is 3. The second-order valence-electron chi connectivity index (χ2n) is 7.54. The number of allylic oxidation sites excluding steroid dienone is 3. The standard InChI is InChI=1S/C24H36N2O3/c1-6-9-21(10-7-2)26-19(5)24(16-25-18(3)4)27-14-8-11-20-12-13-22-23(15-20)29-17-28-22/h12-13,15-16,21,26H,3,6-11,14,17H2,1-2,4-5H3/b24-19-,25-16-. The summed E-state index contributed by atoms with van der Waals surface area (Å²) in [5, 5.41) is 3.63. The molecule has 0 atom stereocenters. The first-order valence-electron chi connectivity index (χ1n) is 10.7. The Bertz CT molecular complexity index is 719. The lowest BCUT2D eigenvalue weighted by molar-refractivity contribution is 0.174. The molecule has 1 aliphatic rings. The second kappa shape index (κ2) is 12.2. The molecule has 29 heavy (non-hydrogen) atoms. The predicted octanol–water partition coefficient (Wildman–Crippen LogP) is 5.76. The maximum Gasteiger partial charge on any atom is 0.231 e. The van der Waals surface area contributed by atoms with Crippen molar-refractivity contribution in [3.8, 4) is 11.5 Å². The topological polar surface area (TPSA) is 52.1 Å². The lowest BCUT2D eigenvalue weighted by atomic mass is 10.1. The molecule has 0 fully saturated rings. The highest BCUT2D eigenvalue weighted by molar-refractivity contribution is 5.77. The summed E-state index contributed by atoms with van der Waals surface area (Å²) in [5.74, 6) is 2.44. The lowest BCUT2D eigenvalue weighted by Crippen LogP contribution is -2.28. The van der Waals surface area contributed by atoms with E-state index in [1.54, 1.807) is 6.21 Å². The SMILES string of the molecule is C=C(C)/N=C\C(OCCCc1ccc2c(c1)OCO2)=C(/C)NC(CCC)CCC. The van der Waals surface area contributed by atoms with Crippen molar-refractivity contribution in [2.75, 3.05) is 13.4 Å². The molecule has 160 valence electrons. The normalized spacial score (nSPS) is 13.7. The van der Waals surface area contributed by atoms with E-state index in [4.69, 9.17) is 14.2 Å². The molecule has 5 nitrogen and oxygen atoms in total. The molecule has 0 saturated carbocycles. The van der Waals surface area contributed by atoms with E-state index in [9.17, 15) is 0 Å². The van der Waals surface area contributed by atoms with Gasteiger partial charge in [0.05, 0.1) is 18.5 Å². The smallest absolute Gasteiger partial charge is 0.231 e. The van der Waals surface area contributed by atoms with Gasteiger partial charge in [-0.05, 0) is 57.2 Å². The van der Waals surface area contributed by atoms with Gasteiger partial charge >= 0.3 is 0 Å². The second-order valence-corrected chi connectivity index (χ2v) is 7.54. The van der Waals surface area contributed by atoms with Crippen molar-refractivity contribution >= 4 is 6.21 Å². The van der Waals surface area contributed by atoms with E-state index in [0.29, 0.717) is 19.4 Å². The fraction of sp³-hybridized carbons (Fsp3) is 0.542. The van der Waals surface area contributed by atoms with Gasteiger partial charge in [0.2, 0.25) is 6.79 Å². The summed E-state index contributed by atoms with van der Waals surface area (Å²) >= 11 is 0. The summed E-state index contributed by atoms with van der Waals surface area (Å²) in [7, 11) is 0. The molecule has 0 aliphatic carbocycles. The molecule has 0 amide bonds. The Labute approximate surface area is 175 Å². The van der Waals surface area contributed by atoms with Crippen LogP contribution in [-0.2, 0) is 11.2 Å². The van der Waals surface area contributed by atoms with Crippen molar-refractivity contribution in [1.29, 1.82) is 0 Å². The van der Waals surface area contributed by atoms with Crippen LogP contribution in [0.3, 0.4) is 0 Å². The van der Waals surface area contributed by atoms with E-state index in [1.165, 1.54) is 5.56 Å². The number of benzene rings is 1. The van der Waals surface area contributed by atoms with Crippen molar-refractivity contribution in [2.45, 2.75) is 72.3 Å². The van der Waals surface area contributed by atoms with Crippen molar-refractivity contribution in [1.82, 2.24) is 5.32 Å². The number of hydrogen-bond acceptors (Lipinski definition) is 5.